The van der Waals surface area contributed by atoms with Crippen molar-refractivity contribution in [2.75, 3.05) is 11.9 Å². The highest BCUT2D eigenvalue weighted by Crippen LogP contribution is 2.21. The van der Waals surface area contributed by atoms with E-state index in [9.17, 15) is 4.79 Å². The third-order valence-corrected chi connectivity index (χ3v) is 5.01. The lowest BCUT2D eigenvalue weighted by Crippen LogP contribution is -2.46. The molecule has 0 radical (unpaired) electrons. The van der Waals surface area contributed by atoms with Crippen LogP contribution in [0, 0.1) is 16.4 Å². The average molecular weight is 372 g/mol. The first-order valence-electron chi connectivity index (χ1n) is 6.90. The summed E-state index contributed by atoms with van der Waals surface area (Å²) in [6.07, 6.45) is 3.29. The quantitative estimate of drug-likeness (QED) is 0.800. The SMILES string of the molecule is CCC1CCNC(C(=O)Nc2ccc(C)c(I)c2)C1. The first-order valence-corrected chi connectivity index (χ1v) is 7.98. The van der Waals surface area contributed by atoms with Gasteiger partial charge in [0.15, 0.2) is 0 Å². The Balaban J connectivity index is 1.98. The number of carbonyl (C=O) groups excluding carboxylic acids is 1. The average Bonchev–Trinajstić information content (AvgIpc) is 2.43. The smallest absolute Gasteiger partial charge is 0.241 e. The predicted molar refractivity (Wildman–Crippen MR) is 87.3 cm³/mol. The first kappa shape index (κ1) is 14.8. The van der Waals surface area contributed by atoms with Crippen LogP contribution in [0.1, 0.15) is 31.7 Å². The summed E-state index contributed by atoms with van der Waals surface area (Å²) in [6.45, 7) is 5.22. The van der Waals surface area contributed by atoms with Crippen LogP contribution in [0.15, 0.2) is 18.2 Å². The van der Waals surface area contributed by atoms with Gasteiger partial charge >= 0.3 is 0 Å². The summed E-state index contributed by atoms with van der Waals surface area (Å²) < 4.78 is 1.18. The molecule has 1 aromatic rings. The molecule has 1 aliphatic heterocycles. The van der Waals surface area contributed by atoms with Crippen molar-refractivity contribution < 1.29 is 4.79 Å². The number of piperidine rings is 1. The molecule has 2 unspecified atom stereocenters. The summed E-state index contributed by atoms with van der Waals surface area (Å²) in [5, 5.41) is 6.33. The lowest BCUT2D eigenvalue weighted by Gasteiger charge is -2.28. The molecule has 1 amide bonds. The molecule has 104 valence electrons. The van der Waals surface area contributed by atoms with Gasteiger partial charge in [-0.2, -0.15) is 0 Å². The van der Waals surface area contributed by atoms with Crippen molar-refractivity contribution in [1.82, 2.24) is 5.32 Å². The summed E-state index contributed by atoms with van der Waals surface area (Å²) in [7, 11) is 0. The van der Waals surface area contributed by atoms with E-state index in [0.29, 0.717) is 5.92 Å². The highest BCUT2D eigenvalue weighted by atomic mass is 127. The van der Waals surface area contributed by atoms with Crippen molar-refractivity contribution in [2.45, 2.75) is 39.2 Å². The minimum Gasteiger partial charge on any atom is -0.325 e. The zero-order chi connectivity index (χ0) is 13.8. The minimum absolute atomic E-state index is 0.0438. The highest BCUT2D eigenvalue weighted by molar-refractivity contribution is 14.1. The molecule has 0 aromatic heterocycles. The zero-order valence-electron chi connectivity index (χ0n) is 11.5. The summed E-state index contributed by atoms with van der Waals surface area (Å²) in [6, 6.07) is 5.99. The predicted octanol–water partition coefficient (Wildman–Crippen LogP) is 3.32. The van der Waals surface area contributed by atoms with Crippen LogP contribution in [0.3, 0.4) is 0 Å². The number of nitrogens with one attached hydrogen (secondary N) is 2. The fourth-order valence-corrected chi connectivity index (χ4v) is 2.98. The number of anilines is 1. The lowest BCUT2D eigenvalue weighted by molar-refractivity contribution is -0.119. The Kier molecular flexibility index (Phi) is 5.21. The fraction of sp³-hybridized carbons (Fsp3) is 0.533. The van der Waals surface area contributed by atoms with Gasteiger partial charge in [0.2, 0.25) is 5.91 Å². The van der Waals surface area contributed by atoms with Crippen LogP contribution >= 0.6 is 22.6 Å². The Labute approximate surface area is 128 Å². The summed E-state index contributed by atoms with van der Waals surface area (Å²) >= 11 is 2.29. The largest absolute Gasteiger partial charge is 0.325 e. The third-order valence-electron chi connectivity index (χ3n) is 3.85. The van der Waals surface area contributed by atoms with Crippen LogP contribution < -0.4 is 10.6 Å². The monoisotopic (exact) mass is 372 g/mol. The fourth-order valence-electron chi connectivity index (χ4n) is 2.47. The van der Waals surface area contributed by atoms with Gasteiger partial charge in [0.1, 0.15) is 0 Å². The molecular weight excluding hydrogens is 351 g/mol. The van der Waals surface area contributed by atoms with Crippen molar-refractivity contribution in [3.63, 3.8) is 0 Å². The number of carbonyl (C=O) groups is 1. The van der Waals surface area contributed by atoms with Gasteiger partial charge in [0.25, 0.3) is 0 Å². The van der Waals surface area contributed by atoms with E-state index in [2.05, 4.69) is 47.1 Å². The van der Waals surface area contributed by atoms with Gasteiger partial charge < -0.3 is 10.6 Å². The molecular formula is C15H21IN2O. The summed E-state index contributed by atoms with van der Waals surface area (Å²) in [5.41, 5.74) is 2.13. The normalized spacial score (nSPS) is 23.1. The van der Waals surface area contributed by atoms with Crippen molar-refractivity contribution in [3.05, 3.63) is 27.3 Å². The second kappa shape index (κ2) is 6.70. The molecule has 0 spiro atoms. The second-order valence-corrected chi connectivity index (χ2v) is 6.42. The van der Waals surface area contributed by atoms with Crippen LogP contribution in [0.25, 0.3) is 0 Å². The molecule has 2 N–H and O–H groups in total. The highest BCUT2D eigenvalue weighted by Gasteiger charge is 2.25. The number of aryl methyl sites for hydroxylation is 1. The molecule has 4 heteroatoms. The van der Waals surface area contributed by atoms with Crippen LogP contribution in [-0.2, 0) is 4.79 Å². The van der Waals surface area contributed by atoms with Gasteiger partial charge in [-0.15, -0.1) is 0 Å². The Bertz CT molecular complexity index is 461. The van der Waals surface area contributed by atoms with Crippen LogP contribution in [0.2, 0.25) is 0 Å². The molecule has 0 bridgehead atoms. The zero-order valence-corrected chi connectivity index (χ0v) is 13.7. The van der Waals surface area contributed by atoms with Crippen molar-refractivity contribution in [2.24, 2.45) is 5.92 Å². The van der Waals surface area contributed by atoms with Crippen molar-refractivity contribution >= 4 is 34.2 Å². The van der Waals surface area contributed by atoms with Gasteiger partial charge in [-0.3, -0.25) is 4.79 Å². The van der Waals surface area contributed by atoms with Gasteiger partial charge in [-0.05, 0) is 72.5 Å². The Morgan fingerprint density at radius 1 is 1.53 bits per heavy atom. The Morgan fingerprint density at radius 3 is 3.00 bits per heavy atom. The molecule has 1 aliphatic rings. The molecule has 0 aliphatic carbocycles. The number of hydrogen-bond donors (Lipinski definition) is 2. The second-order valence-electron chi connectivity index (χ2n) is 5.26. The molecule has 1 heterocycles. The maximum atomic E-state index is 12.2. The Morgan fingerprint density at radius 2 is 2.32 bits per heavy atom. The van der Waals surface area contributed by atoms with Crippen LogP contribution in [0.5, 0.6) is 0 Å². The first-order chi connectivity index (χ1) is 9.10. The number of hydrogen-bond acceptors (Lipinski definition) is 2. The van der Waals surface area contributed by atoms with Crippen molar-refractivity contribution in [3.8, 4) is 0 Å². The van der Waals surface area contributed by atoms with E-state index in [1.807, 2.05) is 18.2 Å². The summed E-state index contributed by atoms with van der Waals surface area (Å²) in [4.78, 5) is 12.2. The molecule has 0 saturated carbocycles. The van der Waals surface area contributed by atoms with E-state index in [1.165, 1.54) is 15.6 Å². The van der Waals surface area contributed by atoms with Crippen LogP contribution in [0.4, 0.5) is 5.69 Å². The topological polar surface area (TPSA) is 41.1 Å². The molecule has 19 heavy (non-hydrogen) atoms. The minimum atomic E-state index is -0.0438. The standard InChI is InChI=1S/C15H21IN2O/c1-3-11-6-7-17-14(8-11)15(19)18-12-5-4-10(2)13(16)9-12/h4-5,9,11,14,17H,3,6-8H2,1-2H3,(H,18,19). The maximum Gasteiger partial charge on any atom is 0.241 e. The van der Waals surface area contributed by atoms with Crippen molar-refractivity contribution in [1.29, 1.82) is 0 Å². The molecule has 2 atom stereocenters. The summed E-state index contributed by atoms with van der Waals surface area (Å²) in [5.74, 6) is 0.771. The van der Waals surface area contributed by atoms with E-state index < -0.39 is 0 Å². The third kappa shape index (κ3) is 3.92. The number of benzene rings is 1. The van der Waals surface area contributed by atoms with Gasteiger partial charge in [0.05, 0.1) is 6.04 Å². The number of halogens is 1. The lowest BCUT2D eigenvalue weighted by atomic mass is 9.90. The molecule has 1 saturated heterocycles. The van der Waals surface area contributed by atoms with Gasteiger partial charge in [0, 0.05) is 9.26 Å². The molecule has 2 rings (SSSR count). The van der Waals surface area contributed by atoms with Gasteiger partial charge in [-0.25, -0.2) is 0 Å². The van der Waals surface area contributed by atoms with E-state index in [0.717, 1.165) is 25.1 Å². The number of rotatable bonds is 3. The van der Waals surface area contributed by atoms with Crippen LogP contribution in [-0.4, -0.2) is 18.5 Å². The van der Waals surface area contributed by atoms with E-state index >= 15 is 0 Å². The van der Waals surface area contributed by atoms with E-state index in [1.54, 1.807) is 0 Å². The molecule has 3 nitrogen and oxygen atoms in total. The van der Waals surface area contributed by atoms with E-state index in [-0.39, 0.29) is 11.9 Å². The molecule has 1 fully saturated rings. The number of amides is 1. The van der Waals surface area contributed by atoms with E-state index in [4.69, 9.17) is 0 Å². The molecule has 1 aromatic carbocycles. The van der Waals surface area contributed by atoms with Gasteiger partial charge in [-0.1, -0.05) is 19.4 Å². The maximum absolute atomic E-state index is 12.2. The Hall–Kier alpha value is -0.620.